The smallest absolute Gasteiger partial charge is 0.302 e. The molecule has 0 aromatic carbocycles. The van der Waals surface area contributed by atoms with E-state index >= 15 is 0 Å². The summed E-state index contributed by atoms with van der Waals surface area (Å²) in [5.74, 6) is -1.33. The summed E-state index contributed by atoms with van der Waals surface area (Å²) in [4.78, 5) is 11.0. The third-order valence-corrected chi connectivity index (χ3v) is 3.85. The molecule has 7 heteroatoms. The Labute approximate surface area is 118 Å². The van der Waals surface area contributed by atoms with E-state index in [1.807, 2.05) is 0 Å². The number of rotatable bonds is 5. The zero-order chi connectivity index (χ0) is 14.8. The molecule has 0 spiro atoms. The van der Waals surface area contributed by atoms with E-state index in [-0.39, 0.29) is 18.7 Å². The van der Waals surface area contributed by atoms with Crippen molar-refractivity contribution >= 4 is 5.97 Å². The molecule has 2 aliphatic rings. The SMILES string of the molecule is CO[C@@H]1[C@@H](COC(C)=O)O[C@@H]2CCO[C@]2(OC)[C@H]1OC. The van der Waals surface area contributed by atoms with Crippen molar-refractivity contribution in [2.24, 2.45) is 0 Å². The van der Waals surface area contributed by atoms with Gasteiger partial charge in [-0.1, -0.05) is 0 Å². The molecule has 2 aliphatic heterocycles. The van der Waals surface area contributed by atoms with Gasteiger partial charge in [0.1, 0.15) is 31.0 Å². The standard InChI is InChI=1S/C13H22O7/c1-8(14)18-7-9-11(15-2)12(16-3)13(17-4)10(20-9)5-6-19-13/h9-12H,5-7H2,1-4H3/t9-,10-,11-,12+,13+/m1/s1. The number of carbonyl (C=O) groups excluding carboxylic acids is 1. The number of hydrogen-bond acceptors (Lipinski definition) is 7. The molecule has 2 rings (SSSR count). The Morgan fingerprint density at radius 2 is 2.05 bits per heavy atom. The second-order valence-electron chi connectivity index (χ2n) is 4.89. The van der Waals surface area contributed by atoms with Crippen molar-refractivity contribution < 1.29 is 33.2 Å². The molecular weight excluding hydrogens is 268 g/mol. The van der Waals surface area contributed by atoms with Gasteiger partial charge in [-0.2, -0.15) is 0 Å². The molecule has 20 heavy (non-hydrogen) atoms. The maximum absolute atomic E-state index is 11.0. The minimum atomic E-state index is -0.970. The summed E-state index contributed by atoms with van der Waals surface area (Å²) in [6.45, 7) is 2.00. The van der Waals surface area contributed by atoms with Gasteiger partial charge in [-0.25, -0.2) is 0 Å². The van der Waals surface area contributed by atoms with E-state index in [1.54, 1.807) is 21.3 Å². The van der Waals surface area contributed by atoms with Crippen molar-refractivity contribution in [3.8, 4) is 0 Å². The third-order valence-electron chi connectivity index (χ3n) is 3.85. The molecule has 0 amide bonds. The van der Waals surface area contributed by atoms with Crippen LogP contribution in [0.5, 0.6) is 0 Å². The lowest BCUT2D eigenvalue weighted by atomic mass is 9.91. The fourth-order valence-corrected chi connectivity index (χ4v) is 2.97. The van der Waals surface area contributed by atoms with Gasteiger partial charge in [0, 0.05) is 34.7 Å². The Hall–Kier alpha value is -0.730. The zero-order valence-corrected chi connectivity index (χ0v) is 12.3. The van der Waals surface area contributed by atoms with Gasteiger partial charge in [-0.15, -0.1) is 0 Å². The lowest BCUT2D eigenvalue weighted by Crippen LogP contribution is -2.67. The molecule has 0 aromatic rings. The predicted octanol–water partition coefficient (Wildman–Crippen LogP) is 0.110. The van der Waals surface area contributed by atoms with Crippen LogP contribution < -0.4 is 0 Å². The van der Waals surface area contributed by atoms with Gasteiger partial charge in [-0.3, -0.25) is 4.79 Å². The first-order chi connectivity index (χ1) is 9.58. The van der Waals surface area contributed by atoms with Gasteiger partial charge in [-0.05, 0) is 0 Å². The van der Waals surface area contributed by atoms with Crippen LogP contribution in [0.2, 0.25) is 0 Å². The summed E-state index contributed by atoms with van der Waals surface area (Å²) < 4.78 is 33.3. The van der Waals surface area contributed by atoms with Crippen LogP contribution in [-0.2, 0) is 33.2 Å². The maximum Gasteiger partial charge on any atom is 0.302 e. The quantitative estimate of drug-likeness (QED) is 0.665. The number of esters is 1. The number of hydrogen-bond donors (Lipinski definition) is 0. The molecule has 0 radical (unpaired) electrons. The first-order valence-electron chi connectivity index (χ1n) is 6.62. The van der Waals surface area contributed by atoms with Gasteiger partial charge < -0.3 is 28.4 Å². The normalized spacial score (nSPS) is 40.4. The molecule has 2 saturated heterocycles. The minimum absolute atomic E-state index is 0.115. The minimum Gasteiger partial charge on any atom is -0.463 e. The molecule has 0 aliphatic carbocycles. The lowest BCUT2D eigenvalue weighted by molar-refractivity contribution is -0.353. The van der Waals surface area contributed by atoms with Crippen molar-refractivity contribution in [3.05, 3.63) is 0 Å². The van der Waals surface area contributed by atoms with Crippen LogP contribution in [0.15, 0.2) is 0 Å². The fourth-order valence-electron chi connectivity index (χ4n) is 2.97. The highest BCUT2D eigenvalue weighted by atomic mass is 16.8. The average molecular weight is 290 g/mol. The van der Waals surface area contributed by atoms with Crippen LogP contribution in [0.3, 0.4) is 0 Å². The molecule has 2 heterocycles. The van der Waals surface area contributed by atoms with E-state index < -0.39 is 24.1 Å². The van der Waals surface area contributed by atoms with Gasteiger partial charge in [0.15, 0.2) is 0 Å². The van der Waals surface area contributed by atoms with Crippen LogP contribution >= 0.6 is 0 Å². The van der Waals surface area contributed by atoms with E-state index in [9.17, 15) is 4.79 Å². The molecule has 0 saturated carbocycles. The second kappa shape index (κ2) is 6.36. The highest BCUT2D eigenvalue weighted by Crippen LogP contribution is 2.41. The Morgan fingerprint density at radius 3 is 2.60 bits per heavy atom. The predicted molar refractivity (Wildman–Crippen MR) is 67.2 cm³/mol. The number of carbonyl (C=O) groups is 1. The Bertz CT molecular complexity index is 348. The summed E-state index contributed by atoms with van der Waals surface area (Å²) in [5, 5.41) is 0. The summed E-state index contributed by atoms with van der Waals surface area (Å²) in [5.41, 5.74) is 0. The monoisotopic (exact) mass is 290 g/mol. The van der Waals surface area contributed by atoms with Crippen LogP contribution in [0, 0.1) is 0 Å². The van der Waals surface area contributed by atoms with Crippen molar-refractivity contribution in [1.82, 2.24) is 0 Å². The van der Waals surface area contributed by atoms with E-state index in [2.05, 4.69) is 0 Å². The van der Waals surface area contributed by atoms with E-state index in [0.29, 0.717) is 13.0 Å². The van der Waals surface area contributed by atoms with E-state index in [4.69, 9.17) is 28.4 Å². The maximum atomic E-state index is 11.0. The van der Waals surface area contributed by atoms with E-state index in [1.165, 1.54) is 6.92 Å². The second-order valence-corrected chi connectivity index (χ2v) is 4.89. The van der Waals surface area contributed by atoms with Crippen LogP contribution in [0.1, 0.15) is 13.3 Å². The van der Waals surface area contributed by atoms with Crippen LogP contribution in [-0.4, -0.2) is 70.7 Å². The molecular formula is C13H22O7. The molecule has 116 valence electrons. The van der Waals surface area contributed by atoms with Gasteiger partial charge in [0.25, 0.3) is 0 Å². The Morgan fingerprint density at radius 1 is 1.30 bits per heavy atom. The van der Waals surface area contributed by atoms with Gasteiger partial charge >= 0.3 is 5.97 Å². The first kappa shape index (κ1) is 15.7. The van der Waals surface area contributed by atoms with Crippen molar-refractivity contribution in [2.45, 2.75) is 43.5 Å². The number of ether oxygens (including phenoxy) is 6. The van der Waals surface area contributed by atoms with Gasteiger partial charge in [0.2, 0.25) is 5.79 Å². The molecule has 2 fully saturated rings. The molecule has 0 N–H and O–H groups in total. The van der Waals surface area contributed by atoms with Crippen molar-refractivity contribution in [3.63, 3.8) is 0 Å². The highest BCUT2D eigenvalue weighted by molar-refractivity contribution is 5.65. The average Bonchev–Trinajstić information content (AvgIpc) is 2.86. The lowest BCUT2D eigenvalue weighted by Gasteiger charge is -2.48. The highest BCUT2D eigenvalue weighted by Gasteiger charge is 2.61. The largest absolute Gasteiger partial charge is 0.463 e. The fraction of sp³-hybridized carbons (Fsp3) is 0.923. The summed E-state index contributed by atoms with van der Waals surface area (Å²) in [6, 6.07) is 0. The molecule has 0 unspecified atom stereocenters. The van der Waals surface area contributed by atoms with Crippen molar-refractivity contribution in [1.29, 1.82) is 0 Å². The molecule has 0 aromatic heterocycles. The first-order valence-corrected chi connectivity index (χ1v) is 6.62. The molecule has 7 nitrogen and oxygen atoms in total. The van der Waals surface area contributed by atoms with E-state index in [0.717, 1.165) is 0 Å². The zero-order valence-electron chi connectivity index (χ0n) is 12.3. The van der Waals surface area contributed by atoms with Crippen molar-refractivity contribution in [2.75, 3.05) is 34.5 Å². The topological polar surface area (TPSA) is 72.5 Å². The van der Waals surface area contributed by atoms with Crippen LogP contribution in [0.25, 0.3) is 0 Å². The summed E-state index contributed by atoms with van der Waals surface area (Å²) in [7, 11) is 4.69. The number of methoxy groups -OCH3 is 3. The summed E-state index contributed by atoms with van der Waals surface area (Å²) in [6.07, 6.45) is -0.901. The molecule has 0 bridgehead atoms. The van der Waals surface area contributed by atoms with Gasteiger partial charge in [0.05, 0.1) is 6.61 Å². The summed E-state index contributed by atoms with van der Waals surface area (Å²) >= 11 is 0. The Kier molecular flexibility index (Phi) is 4.98. The number of fused-ring (bicyclic) bond motifs is 1. The third kappa shape index (κ3) is 2.56. The Balaban J connectivity index is 2.20. The van der Waals surface area contributed by atoms with Crippen LogP contribution in [0.4, 0.5) is 0 Å². The molecule has 5 atom stereocenters.